The van der Waals surface area contributed by atoms with Gasteiger partial charge in [0, 0.05) is 0 Å². The third-order valence-electron chi connectivity index (χ3n) is 3.20. The topological polar surface area (TPSA) is 74.6 Å². The summed E-state index contributed by atoms with van der Waals surface area (Å²) in [6.07, 6.45) is 0.555. The lowest BCUT2D eigenvalue weighted by Crippen LogP contribution is -2.07. The number of hydrogen-bond donors (Lipinski definition) is 2. The second kappa shape index (κ2) is 6.17. The van der Waals surface area contributed by atoms with Gasteiger partial charge in [-0.25, -0.2) is 14.0 Å². The van der Waals surface area contributed by atoms with E-state index in [1.807, 2.05) is 0 Å². The Kier molecular flexibility index (Phi) is 4.33. The molecule has 2 aromatic rings. The van der Waals surface area contributed by atoms with Crippen LogP contribution in [0.3, 0.4) is 0 Å². The van der Waals surface area contributed by atoms with Crippen LogP contribution in [0, 0.1) is 5.82 Å². The van der Waals surface area contributed by atoms with Gasteiger partial charge in [0.1, 0.15) is 5.82 Å². The number of rotatable bonds is 5. The zero-order valence-corrected chi connectivity index (χ0v) is 11.0. The molecule has 2 aromatic carbocycles. The molecule has 0 aliphatic rings. The minimum Gasteiger partial charge on any atom is -0.478 e. The van der Waals surface area contributed by atoms with Gasteiger partial charge in [0.15, 0.2) is 0 Å². The molecule has 0 fully saturated rings. The van der Waals surface area contributed by atoms with Crippen LogP contribution in [0.1, 0.15) is 31.8 Å². The molecule has 0 aliphatic carbocycles. The van der Waals surface area contributed by atoms with Crippen molar-refractivity contribution in [3.8, 4) is 0 Å². The van der Waals surface area contributed by atoms with E-state index < -0.39 is 11.9 Å². The van der Waals surface area contributed by atoms with Crippen LogP contribution in [0.5, 0.6) is 0 Å². The average molecular weight is 288 g/mol. The smallest absolute Gasteiger partial charge is 0.335 e. The molecule has 0 heterocycles. The van der Waals surface area contributed by atoms with Crippen LogP contribution in [0.15, 0.2) is 42.5 Å². The van der Waals surface area contributed by atoms with Crippen molar-refractivity contribution in [2.24, 2.45) is 0 Å². The number of hydrogen-bond acceptors (Lipinski definition) is 2. The van der Waals surface area contributed by atoms with Crippen LogP contribution in [0.4, 0.5) is 4.39 Å². The fraction of sp³-hybridized carbons (Fsp3) is 0.125. The highest BCUT2D eigenvalue weighted by Gasteiger charge is 2.14. The maximum Gasteiger partial charge on any atom is 0.335 e. The van der Waals surface area contributed by atoms with Crippen LogP contribution in [-0.2, 0) is 12.8 Å². The lowest BCUT2D eigenvalue weighted by molar-refractivity contribution is 0.0680. The predicted octanol–water partition coefficient (Wildman–Crippen LogP) is 3.01. The molecule has 0 atom stereocenters. The fourth-order valence-corrected chi connectivity index (χ4v) is 2.11. The number of halogens is 1. The number of carboxylic acid groups (broad SMARTS) is 2. The van der Waals surface area contributed by atoms with E-state index in [0.29, 0.717) is 17.5 Å². The average Bonchev–Trinajstić information content (AvgIpc) is 2.46. The zero-order valence-electron chi connectivity index (χ0n) is 11.0. The van der Waals surface area contributed by atoms with Gasteiger partial charge < -0.3 is 10.2 Å². The molecule has 108 valence electrons. The first kappa shape index (κ1) is 14.7. The molecule has 0 saturated carbocycles. The number of carboxylic acids is 2. The van der Waals surface area contributed by atoms with Crippen LogP contribution in [0.2, 0.25) is 0 Å². The molecule has 4 nitrogen and oxygen atoms in total. The summed E-state index contributed by atoms with van der Waals surface area (Å²) in [5, 5.41) is 18.1. The van der Waals surface area contributed by atoms with Crippen molar-refractivity contribution in [3.05, 3.63) is 70.5 Å². The number of aromatic carboxylic acids is 2. The third kappa shape index (κ3) is 3.45. The summed E-state index contributed by atoms with van der Waals surface area (Å²) in [5.41, 5.74) is 0.903. The van der Waals surface area contributed by atoms with Crippen molar-refractivity contribution in [2.75, 3.05) is 0 Å². The van der Waals surface area contributed by atoms with Crippen molar-refractivity contribution >= 4 is 11.9 Å². The summed E-state index contributed by atoms with van der Waals surface area (Å²) in [5.74, 6) is -2.61. The van der Waals surface area contributed by atoms with Gasteiger partial charge in [-0.3, -0.25) is 0 Å². The standard InChI is InChI=1S/C16H13FO4/c17-14-4-2-1-3-10(14)5-6-11-9-12(15(18)19)7-8-13(11)16(20)21/h1-4,7-9H,5-6H2,(H,18,19)(H,20,21). The summed E-state index contributed by atoms with van der Waals surface area (Å²) < 4.78 is 13.5. The van der Waals surface area contributed by atoms with E-state index in [1.165, 1.54) is 24.3 Å². The van der Waals surface area contributed by atoms with E-state index in [2.05, 4.69) is 0 Å². The molecule has 0 aliphatic heterocycles. The zero-order chi connectivity index (χ0) is 15.4. The van der Waals surface area contributed by atoms with Gasteiger partial charge in [0.25, 0.3) is 0 Å². The largest absolute Gasteiger partial charge is 0.478 e. The predicted molar refractivity (Wildman–Crippen MR) is 74.2 cm³/mol. The molecule has 21 heavy (non-hydrogen) atoms. The van der Waals surface area contributed by atoms with Gasteiger partial charge in [0.05, 0.1) is 11.1 Å². The Morgan fingerprint density at radius 3 is 2.19 bits per heavy atom. The molecule has 0 radical (unpaired) electrons. The van der Waals surface area contributed by atoms with Gasteiger partial charge in [0.2, 0.25) is 0 Å². The van der Waals surface area contributed by atoms with Crippen molar-refractivity contribution in [3.63, 3.8) is 0 Å². The van der Waals surface area contributed by atoms with E-state index in [1.54, 1.807) is 18.2 Å². The minimum absolute atomic E-state index is 0.0172. The first-order valence-electron chi connectivity index (χ1n) is 6.32. The Morgan fingerprint density at radius 1 is 0.905 bits per heavy atom. The number of benzene rings is 2. The molecular weight excluding hydrogens is 275 g/mol. The Labute approximate surface area is 120 Å². The highest BCUT2D eigenvalue weighted by atomic mass is 19.1. The Hall–Kier alpha value is -2.69. The Morgan fingerprint density at radius 2 is 1.57 bits per heavy atom. The molecule has 0 amide bonds. The lowest BCUT2D eigenvalue weighted by Gasteiger charge is -2.08. The molecule has 0 saturated heterocycles. The molecule has 0 aromatic heterocycles. The maximum atomic E-state index is 13.5. The molecule has 0 bridgehead atoms. The Bertz CT molecular complexity index is 694. The molecule has 0 unspecified atom stereocenters. The summed E-state index contributed by atoms with van der Waals surface area (Å²) in [6, 6.07) is 10.1. The lowest BCUT2D eigenvalue weighted by atomic mass is 9.97. The molecular formula is C16H13FO4. The van der Waals surface area contributed by atoms with Crippen LogP contribution in [-0.4, -0.2) is 22.2 Å². The molecule has 5 heteroatoms. The monoisotopic (exact) mass is 288 g/mol. The van der Waals surface area contributed by atoms with Gasteiger partial charge in [-0.05, 0) is 48.2 Å². The highest BCUT2D eigenvalue weighted by Crippen LogP contribution is 2.17. The van der Waals surface area contributed by atoms with Crippen LogP contribution < -0.4 is 0 Å². The number of aryl methyl sites for hydroxylation is 2. The summed E-state index contributed by atoms with van der Waals surface area (Å²) >= 11 is 0. The van der Waals surface area contributed by atoms with Crippen LogP contribution >= 0.6 is 0 Å². The first-order chi connectivity index (χ1) is 9.99. The van der Waals surface area contributed by atoms with Gasteiger partial charge in [-0.1, -0.05) is 18.2 Å². The summed E-state index contributed by atoms with van der Waals surface area (Å²) in [6.45, 7) is 0. The van der Waals surface area contributed by atoms with E-state index in [9.17, 15) is 14.0 Å². The van der Waals surface area contributed by atoms with E-state index >= 15 is 0 Å². The first-order valence-corrected chi connectivity index (χ1v) is 6.32. The van der Waals surface area contributed by atoms with E-state index in [0.717, 1.165) is 0 Å². The Balaban J connectivity index is 2.29. The molecule has 0 spiro atoms. The van der Waals surface area contributed by atoms with Gasteiger partial charge >= 0.3 is 11.9 Å². The summed E-state index contributed by atoms with van der Waals surface area (Å²) in [7, 11) is 0. The fourth-order valence-electron chi connectivity index (χ4n) is 2.11. The van der Waals surface area contributed by atoms with E-state index in [4.69, 9.17) is 10.2 Å². The van der Waals surface area contributed by atoms with Crippen LogP contribution in [0.25, 0.3) is 0 Å². The highest BCUT2D eigenvalue weighted by molar-refractivity contribution is 5.93. The van der Waals surface area contributed by atoms with Crippen molar-refractivity contribution in [1.82, 2.24) is 0 Å². The van der Waals surface area contributed by atoms with Crippen molar-refractivity contribution < 1.29 is 24.2 Å². The van der Waals surface area contributed by atoms with Crippen molar-refractivity contribution in [2.45, 2.75) is 12.8 Å². The molecule has 2 N–H and O–H groups in total. The SMILES string of the molecule is O=C(O)c1ccc(C(=O)O)c(CCc2ccccc2F)c1. The number of carbonyl (C=O) groups is 2. The second-order valence-electron chi connectivity index (χ2n) is 4.57. The normalized spacial score (nSPS) is 10.3. The second-order valence-corrected chi connectivity index (χ2v) is 4.57. The quantitative estimate of drug-likeness (QED) is 0.887. The molecule has 2 rings (SSSR count). The minimum atomic E-state index is -1.13. The third-order valence-corrected chi connectivity index (χ3v) is 3.20. The maximum absolute atomic E-state index is 13.5. The van der Waals surface area contributed by atoms with Crippen molar-refractivity contribution in [1.29, 1.82) is 0 Å². The summed E-state index contributed by atoms with van der Waals surface area (Å²) in [4.78, 5) is 22.1. The van der Waals surface area contributed by atoms with Gasteiger partial charge in [-0.2, -0.15) is 0 Å². The van der Waals surface area contributed by atoms with E-state index in [-0.39, 0.29) is 23.4 Å². The van der Waals surface area contributed by atoms with Gasteiger partial charge in [-0.15, -0.1) is 0 Å².